The van der Waals surface area contributed by atoms with Gasteiger partial charge in [-0.15, -0.1) is 0 Å². The Hall–Kier alpha value is -0.640. The zero-order valence-electron chi connectivity index (χ0n) is 8.72. The molecule has 0 aliphatic carbocycles. The fourth-order valence-corrected chi connectivity index (χ4v) is 3.15. The standard InChI is InChI=1S/C9H17N3O2S/c10-5-1-2-8-15(13,14)12-6-3-9(11)4-7-12/h9H,1-4,6-8,11H2. The minimum Gasteiger partial charge on any atom is -0.328 e. The average Bonchev–Trinajstić information content (AvgIpc) is 2.18. The highest BCUT2D eigenvalue weighted by atomic mass is 32.2. The predicted molar refractivity (Wildman–Crippen MR) is 57.4 cm³/mol. The Morgan fingerprint density at radius 2 is 2.00 bits per heavy atom. The van der Waals surface area contributed by atoms with Gasteiger partial charge in [-0.25, -0.2) is 12.7 Å². The van der Waals surface area contributed by atoms with E-state index in [1.54, 1.807) is 0 Å². The number of nitriles is 1. The Morgan fingerprint density at radius 3 is 2.53 bits per heavy atom. The third kappa shape index (κ3) is 3.78. The molecule has 0 aromatic heterocycles. The van der Waals surface area contributed by atoms with Crippen molar-refractivity contribution < 1.29 is 8.42 Å². The van der Waals surface area contributed by atoms with Gasteiger partial charge in [0.05, 0.1) is 11.8 Å². The van der Waals surface area contributed by atoms with E-state index in [0.29, 0.717) is 25.9 Å². The van der Waals surface area contributed by atoms with Crippen molar-refractivity contribution in [3.8, 4) is 6.07 Å². The molecule has 1 rings (SSSR count). The van der Waals surface area contributed by atoms with Crippen molar-refractivity contribution in [2.45, 2.75) is 31.7 Å². The molecule has 0 aromatic rings. The van der Waals surface area contributed by atoms with Gasteiger partial charge in [0, 0.05) is 25.6 Å². The van der Waals surface area contributed by atoms with E-state index < -0.39 is 10.0 Å². The van der Waals surface area contributed by atoms with Crippen LogP contribution in [-0.4, -0.2) is 37.6 Å². The Labute approximate surface area is 90.9 Å². The first-order chi connectivity index (χ1) is 7.06. The molecule has 6 heteroatoms. The Morgan fingerprint density at radius 1 is 1.40 bits per heavy atom. The maximum absolute atomic E-state index is 11.7. The minimum absolute atomic E-state index is 0.0792. The molecule has 0 amide bonds. The molecule has 0 unspecified atom stereocenters. The number of rotatable bonds is 4. The quantitative estimate of drug-likeness (QED) is 0.692. The molecule has 0 radical (unpaired) electrons. The molecule has 1 heterocycles. The van der Waals surface area contributed by atoms with Crippen LogP contribution in [0.25, 0.3) is 0 Å². The number of nitrogens with two attached hydrogens (primary N) is 1. The lowest BCUT2D eigenvalue weighted by atomic mass is 10.1. The normalized spacial score (nSPS) is 20.0. The van der Waals surface area contributed by atoms with Gasteiger partial charge in [0.25, 0.3) is 0 Å². The molecule has 1 fully saturated rings. The van der Waals surface area contributed by atoms with Crippen LogP contribution in [0.3, 0.4) is 0 Å². The zero-order valence-corrected chi connectivity index (χ0v) is 9.54. The van der Waals surface area contributed by atoms with Gasteiger partial charge in [-0.3, -0.25) is 0 Å². The Kier molecular flexibility index (Phi) is 4.51. The summed E-state index contributed by atoms with van der Waals surface area (Å²) in [6.45, 7) is 1.05. The number of unbranched alkanes of at least 4 members (excludes halogenated alkanes) is 1. The maximum atomic E-state index is 11.7. The predicted octanol–water partition coefficient (Wildman–Crippen LogP) is 0.0431. The van der Waals surface area contributed by atoms with Crippen LogP contribution in [0.15, 0.2) is 0 Å². The summed E-state index contributed by atoms with van der Waals surface area (Å²) in [5.41, 5.74) is 5.70. The van der Waals surface area contributed by atoms with Gasteiger partial charge >= 0.3 is 0 Å². The van der Waals surface area contributed by atoms with Crippen molar-refractivity contribution in [1.82, 2.24) is 4.31 Å². The smallest absolute Gasteiger partial charge is 0.214 e. The molecular weight excluding hydrogens is 214 g/mol. The first-order valence-electron chi connectivity index (χ1n) is 5.16. The topological polar surface area (TPSA) is 87.2 Å². The van der Waals surface area contributed by atoms with Crippen LogP contribution in [0.4, 0.5) is 0 Å². The van der Waals surface area contributed by atoms with Crippen molar-refractivity contribution in [3.05, 3.63) is 0 Å². The summed E-state index contributed by atoms with van der Waals surface area (Å²) in [5, 5.41) is 8.33. The highest BCUT2D eigenvalue weighted by Crippen LogP contribution is 2.13. The molecule has 0 atom stereocenters. The summed E-state index contributed by atoms with van der Waals surface area (Å²) in [6, 6.07) is 2.08. The SMILES string of the molecule is N#CCCCS(=O)(=O)N1CCC(N)CC1. The molecule has 0 aromatic carbocycles. The van der Waals surface area contributed by atoms with Crippen LogP contribution in [0.2, 0.25) is 0 Å². The molecule has 0 spiro atoms. The van der Waals surface area contributed by atoms with Crippen molar-refractivity contribution in [2.24, 2.45) is 5.73 Å². The molecule has 86 valence electrons. The van der Waals surface area contributed by atoms with Crippen LogP contribution in [-0.2, 0) is 10.0 Å². The first kappa shape index (κ1) is 12.4. The summed E-state index contributed by atoms with van der Waals surface area (Å²) >= 11 is 0. The lowest BCUT2D eigenvalue weighted by Crippen LogP contribution is -2.43. The molecule has 0 saturated carbocycles. The molecule has 1 aliphatic heterocycles. The second-order valence-corrected chi connectivity index (χ2v) is 5.90. The van der Waals surface area contributed by atoms with Gasteiger partial charge in [-0.05, 0) is 19.3 Å². The van der Waals surface area contributed by atoms with Crippen molar-refractivity contribution >= 4 is 10.0 Å². The van der Waals surface area contributed by atoms with Crippen molar-refractivity contribution in [2.75, 3.05) is 18.8 Å². The molecule has 2 N–H and O–H groups in total. The average molecular weight is 231 g/mol. The third-order valence-electron chi connectivity index (χ3n) is 2.58. The third-order valence-corrected chi connectivity index (χ3v) is 4.54. The summed E-state index contributed by atoms with van der Waals surface area (Å²) in [7, 11) is -3.15. The Bertz CT molecular complexity index is 326. The summed E-state index contributed by atoms with van der Waals surface area (Å²) in [6.07, 6.45) is 2.18. The minimum atomic E-state index is -3.15. The van der Waals surface area contributed by atoms with E-state index in [4.69, 9.17) is 11.0 Å². The molecule has 5 nitrogen and oxygen atoms in total. The Balaban J connectivity index is 2.44. The van der Waals surface area contributed by atoms with Crippen LogP contribution in [0.5, 0.6) is 0 Å². The zero-order chi connectivity index (χ0) is 11.3. The lowest BCUT2D eigenvalue weighted by molar-refractivity contribution is 0.320. The lowest BCUT2D eigenvalue weighted by Gasteiger charge is -2.29. The molecular formula is C9H17N3O2S. The first-order valence-corrected chi connectivity index (χ1v) is 6.77. The maximum Gasteiger partial charge on any atom is 0.214 e. The second kappa shape index (κ2) is 5.45. The summed E-state index contributed by atoms with van der Waals surface area (Å²) < 4.78 is 25.0. The van der Waals surface area contributed by atoms with Gasteiger partial charge in [0.1, 0.15) is 0 Å². The second-order valence-electron chi connectivity index (χ2n) is 3.81. The van der Waals surface area contributed by atoms with E-state index in [2.05, 4.69) is 0 Å². The fourth-order valence-electron chi connectivity index (χ4n) is 1.62. The monoisotopic (exact) mass is 231 g/mol. The van der Waals surface area contributed by atoms with Gasteiger partial charge in [-0.2, -0.15) is 5.26 Å². The van der Waals surface area contributed by atoms with E-state index in [0.717, 1.165) is 12.8 Å². The summed E-state index contributed by atoms with van der Waals surface area (Å²) in [5.74, 6) is 0.0792. The van der Waals surface area contributed by atoms with Gasteiger partial charge in [0.2, 0.25) is 10.0 Å². The number of nitrogens with zero attached hydrogens (tertiary/aromatic N) is 2. The molecule has 0 bridgehead atoms. The number of sulfonamides is 1. The van der Waals surface area contributed by atoms with Crippen molar-refractivity contribution in [3.63, 3.8) is 0 Å². The van der Waals surface area contributed by atoms with E-state index in [1.165, 1.54) is 4.31 Å². The number of hydrogen-bond donors (Lipinski definition) is 1. The van der Waals surface area contributed by atoms with Gasteiger partial charge in [0.15, 0.2) is 0 Å². The van der Waals surface area contributed by atoms with E-state index >= 15 is 0 Å². The van der Waals surface area contributed by atoms with Gasteiger partial charge in [-0.1, -0.05) is 0 Å². The van der Waals surface area contributed by atoms with E-state index in [-0.39, 0.29) is 11.8 Å². The highest BCUT2D eigenvalue weighted by Gasteiger charge is 2.25. The molecule has 1 saturated heterocycles. The van der Waals surface area contributed by atoms with E-state index in [1.807, 2.05) is 6.07 Å². The van der Waals surface area contributed by atoms with Gasteiger partial charge < -0.3 is 5.73 Å². The summed E-state index contributed by atoms with van der Waals surface area (Å²) in [4.78, 5) is 0. The number of piperidine rings is 1. The highest BCUT2D eigenvalue weighted by molar-refractivity contribution is 7.89. The van der Waals surface area contributed by atoms with Crippen LogP contribution < -0.4 is 5.73 Å². The molecule has 1 aliphatic rings. The fraction of sp³-hybridized carbons (Fsp3) is 0.889. The van der Waals surface area contributed by atoms with Crippen LogP contribution in [0, 0.1) is 11.3 Å². The molecule has 15 heavy (non-hydrogen) atoms. The van der Waals surface area contributed by atoms with E-state index in [9.17, 15) is 8.42 Å². The van der Waals surface area contributed by atoms with Crippen LogP contribution >= 0.6 is 0 Å². The number of hydrogen-bond acceptors (Lipinski definition) is 4. The van der Waals surface area contributed by atoms with Crippen molar-refractivity contribution in [1.29, 1.82) is 5.26 Å². The largest absolute Gasteiger partial charge is 0.328 e. The van der Waals surface area contributed by atoms with Crippen LogP contribution in [0.1, 0.15) is 25.7 Å².